The van der Waals surface area contributed by atoms with Gasteiger partial charge in [-0.3, -0.25) is 0 Å². The van der Waals surface area contributed by atoms with Gasteiger partial charge >= 0.3 is 22.6 Å². The molecule has 8 rings (SSSR count). The number of rotatable bonds is 12. The van der Waals surface area contributed by atoms with Gasteiger partial charge in [0.15, 0.2) is 0 Å². The van der Waals surface area contributed by atoms with Crippen LogP contribution < -0.4 is 42.4 Å². The first-order chi connectivity index (χ1) is 28.8. The summed E-state index contributed by atoms with van der Waals surface area (Å²) < 4.78 is 15.0. The van der Waals surface area contributed by atoms with E-state index in [-0.39, 0.29) is 39.0 Å². The van der Waals surface area contributed by atoms with Crippen molar-refractivity contribution in [2.75, 3.05) is 11.8 Å². The van der Waals surface area contributed by atoms with E-state index in [2.05, 4.69) is 256 Å². The number of benzene rings is 8. The molecule has 0 atom stereocenters. The van der Waals surface area contributed by atoms with E-state index >= 15 is 0 Å². The van der Waals surface area contributed by atoms with Crippen molar-refractivity contribution in [3.63, 3.8) is 0 Å². The monoisotopic (exact) mass is 1030 g/mol. The van der Waals surface area contributed by atoms with Crippen LogP contribution in [-0.4, -0.2) is 11.8 Å². The normalized spacial score (nSPS) is 10.0. The first-order valence-corrected chi connectivity index (χ1v) is 24.9. The Bertz CT molecular complexity index is 1840. The summed E-state index contributed by atoms with van der Waals surface area (Å²) in [4.78, 5) is 0. The summed E-state index contributed by atoms with van der Waals surface area (Å²) in [6.45, 7) is 9.00. The van der Waals surface area contributed by atoms with E-state index in [1.165, 1.54) is 54.2 Å². The van der Waals surface area contributed by atoms with Gasteiger partial charge in [-0.1, -0.05) is 243 Å². The molecule has 8 heteroatoms. The molecule has 2 nitrogen and oxygen atoms in total. The van der Waals surface area contributed by atoms with E-state index in [1.807, 2.05) is 0 Å². The van der Waals surface area contributed by atoms with Gasteiger partial charge in [-0.2, -0.15) is 0 Å². The predicted molar refractivity (Wildman–Crippen MR) is 254 cm³/mol. The SMILES string of the molecule is [C-]#[O+].[C-]#[O+].[Rh].[Rh].c1ccc(P(CP(c2ccccc2)c2ccccc2)c2ccccc2)cc1.c1ccc(P(CP(c2ccccc2)c2ccccc2)c2ccccc2)cc1. The molecule has 0 aliphatic rings. The minimum absolute atomic E-state index is 0. The largest absolute Gasteiger partial charge is 0.0622 e. The van der Waals surface area contributed by atoms with Crippen LogP contribution in [0.2, 0.25) is 0 Å². The van der Waals surface area contributed by atoms with Gasteiger partial charge in [-0.05, 0) is 74.1 Å². The van der Waals surface area contributed by atoms with E-state index in [1.54, 1.807) is 0 Å². The third-order valence-electron chi connectivity index (χ3n) is 9.11. The van der Waals surface area contributed by atoms with Crippen LogP contribution in [0.1, 0.15) is 0 Å². The van der Waals surface area contributed by atoms with Crippen LogP contribution in [0.4, 0.5) is 0 Å². The maximum atomic E-state index is 7.50. The van der Waals surface area contributed by atoms with Crippen LogP contribution in [-0.2, 0) is 48.3 Å². The summed E-state index contributed by atoms with van der Waals surface area (Å²) in [5.41, 5.74) is 0. The van der Waals surface area contributed by atoms with Crippen molar-refractivity contribution in [1.82, 2.24) is 0 Å². The molecule has 8 aromatic rings. The van der Waals surface area contributed by atoms with Crippen molar-refractivity contribution in [3.05, 3.63) is 256 Å². The Kier molecular flexibility index (Phi) is 24.8. The van der Waals surface area contributed by atoms with Crippen molar-refractivity contribution in [3.8, 4) is 0 Å². The molecule has 0 aliphatic heterocycles. The molecule has 302 valence electrons. The molecule has 0 bridgehead atoms. The second kappa shape index (κ2) is 29.5. The fourth-order valence-corrected chi connectivity index (χ4v) is 19.3. The molecule has 0 spiro atoms. The van der Waals surface area contributed by atoms with E-state index in [0.717, 1.165) is 0 Å². The summed E-state index contributed by atoms with van der Waals surface area (Å²) in [5.74, 6) is 2.35. The predicted octanol–water partition coefficient (Wildman–Crippen LogP) is 10.3. The smallest absolute Gasteiger partial charge is 0.00405 e. The third-order valence-corrected chi connectivity index (χ3v) is 21.0. The molecule has 0 amide bonds. The van der Waals surface area contributed by atoms with Crippen molar-refractivity contribution >= 4 is 74.1 Å². The van der Waals surface area contributed by atoms with Crippen LogP contribution in [0.15, 0.2) is 243 Å². The average Bonchev–Trinajstić information content (AvgIpc) is 3.33. The molecule has 60 heavy (non-hydrogen) atoms. The van der Waals surface area contributed by atoms with Gasteiger partial charge in [0.1, 0.15) is 0 Å². The summed E-state index contributed by atoms with van der Waals surface area (Å²) in [7, 11) is -1.63. The van der Waals surface area contributed by atoms with Gasteiger partial charge in [0, 0.05) is 50.8 Å². The van der Waals surface area contributed by atoms with Crippen LogP contribution in [0.3, 0.4) is 0 Å². The third kappa shape index (κ3) is 15.3. The molecule has 0 unspecified atom stereocenters. The Morgan fingerprint density at radius 2 is 0.317 bits per heavy atom. The average molecular weight is 1030 g/mol. The van der Waals surface area contributed by atoms with Crippen molar-refractivity contribution < 1.29 is 48.3 Å². The van der Waals surface area contributed by atoms with Gasteiger partial charge in [-0.15, -0.1) is 0 Å². The fraction of sp³-hybridized carbons (Fsp3) is 0.0385. The van der Waals surface area contributed by atoms with Crippen molar-refractivity contribution in [2.45, 2.75) is 0 Å². The first kappa shape index (κ1) is 50.6. The topological polar surface area (TPSA) is 39.8 Å². The van der Waals surface area contributed by atoms with E-state index in [9.17, 15) is 0 Å². The van der Waals surface area contributed by atoms with E-state index in [4.69, 9.17) is 9.30 Å². The van der Waals surface area contributed by atoms with Crippen LogP contribution in [0.25, 0.3) is 0 Å². The second-order valence-electron chi connectivity index (χ2n) is 12.7. The Balaban J connectivity index is 0.000000287. The number of hydrogen-bond acceptors (Lipinski definition) is 0. The molecule has 0 saturated heterocycles. The second-order valence-corrected chi connectivity index (χ2v) is 22.5. The molecule has 0 N–H and O–H groups in total. The van der Waals surface area contributed by atoms with Gasteiger partial charge in [0.2, 0.25) is 0 Å². The summed E-state index contributed by atoms with van der Waals surface area (Å²) in [5, 5.41) is 11.7. The van der Waals surface area contributed by atoms with Crippen LogP contribution in [0.5, 0.6) is 0 Å². The maximum absolute atomic E-state index is 7.50. The Morgan fingerprint density at radius 1 is 0.217 bits per heavy atom. The quantitative estimate of drug-likeness (QED) is 0.0507. The summed E-state index contributed by atoms with van der Waals surface area (Å²) >= 11 is 0. The number of hydrogen-bond donors (Lipinski definition) is 0. The molecule has 0 aromatic heterocycles. The molecule has 2 radical (unpaired) electrons. The minimum atomic E-state index is -0.409. The van der Waals surface area contributed by atoms with Gasteiger partial charge in [0.05, 0.1) is 0 Å². The maximum Gasteiger partial charge on any atom is 0.00405 e. The molecular formula is C52H44O2P4Rh2. The van der Waals surface area contributed by atoms with E-state index in [0.29, 0.717) is 0 Å². The fourth-order valence-electron chi connectivity index (χ4n) is 6.40. The molecule has 0 fully saturated rings. The molecule has 8 aromatic carbocycles. The Hall–Kier alpha value is -3.79. The zero-order chi connectivity index (χ0) is 40.6. The molecule has 0 heterocycles. The molecule has 0 saturated carbocycles. The zero-order valence-electron chi connectivity index (χ0n) is 32.8. The Labute approximate surface area is 387 Å². The minimum Gasteiger partial charge on any atom is -0.0622 e. The summed E-state index contributed by atoms with van der Waals surface area (Å²) in [6.07, 6.45) is 0. The van der Waals surface area contributed by atoms with Gasteiger partial charge in [0.25, 0.3) is 0 Å². The first-order valence-electron chi connectivity index (χ1n) is 18.7. The van der Waals surface area contributed by atoms with Crippen LogP contribution >= 0.6 is 31.7 Å². The van der Waals surface area contributed by atoms with Gasteiger partial charge in [-0.25, -0.2) is 0 Å². The van der Waals surface area contributed by atoms with E-state index < -0.39 is 31.7 Å². The summed E-state index contributed by atoms with van der Waals surface area (Å²) in [6, 6.07) is 88.3. The standard InChI is InChI=1S/2C25H22P2.2CO.2Rh/c2*1-5-13-22(14-6-1)26(23-15-7-2-8-16-23)21-27(24-17-9-3-10-18-24)25-19-11-4-12-20-25;2*1-2;;/h2*1-20H,21H2;;;;. The van der Waals surface area contributed by atoms with Crippen molar-refractivity contribution in [1.29, 1.82) is 0 Å². The van der Waals surface area contributed by atoms with Gasteiger partial charge < -0.3 is 0 Å². The Morgan fingerprint density at radius 3 is 0.417 bits per heavy atom. The molecular weight excluding hydrogens is 986 g/mol. The van der Waals surface area contributed by atoms with Crippen LogP contribution in [0, 0.1) is 13.3 Å². The van der Waals surface area contributed by atoms with Crippen molar-refractivity contribution in [2.24, 2.45) is 0 Å². The molecule has 0 aliphatic carbocycles. The zero-order valence-corrected chi connectivity index (χ0v) is 39.6.